The van der Waals surface area contributed by atoms with Crippen LogP contribution in [0.15, 0.2) is 18.3 Å². The topological polar surface area (TPSA) is 74.8 Å². The van der Waals surface area contributed by atoms with E-state index >= 15 is 0 Å². The smallest absolute Gasteiger partial charge is 0.422 e. The highest BCUT2D eigenvalue weighted by molar-refractivity contribution is 5.94. The Bertz CT molecular complexity index is 687. The van der Waals surface area contributed by atoms with E-state index in [2.05, 4.69) is 15.0 Å². The highest BCUT2D eigenvalue weighted by atomic mass is 35.5. The first-order valence-corrected chi connectivity index (χ1v) is 8.78. The van der Waals surface area contributed by atoms with Crippen LogP contribution in [-0.4, -0.2) is 78.1 Å². The molecule has 156 valence electrons. The van der Waals surface area contributed by atoms with Crippen LogP contribution in [0, 0.1) is 0 Å². The quantitative estimate of drug-likeness (QED) is 0.795. The van der Waals surface area contributed by atoms with Gasteiger partial charge in [-0.15, -0.1) is 12.4 Å². The van der Waals surface area contributed by atoms with E-state index in [1.807, 2.05) is 4.90 Å². The second kappa shape index (κ2) is 9.42. The molecule has 1 atom stereocenters. The van der Waals surface area contributed by atoms with E-state index in [1.165, 1.54) is 18.3 Å². The van der Waals surface area contributed by atoms with Crippen LogP contribution in [0.4, 0.5) is 13.2 Å². The maximum Gasteiger partial charge on any atom is 0.422 e. The molecular weight excluding hydrogens is 401 g/mol. The SMILES string of the molecule is Cl.O=C(c1ccc(OCC(F)(F)F)nc1)N1CCCC(N2CCNCC2=O)C1. The van der Waals surface area contributed by atoms with Gasteiger partial charge in [0.2, 0.25) is 11.8 Å². The number of piperidine rings is 1. The third-order valence-corrected chi connectivity index (χ3v) is 4.62. The molecular formula is C17H22ClF3N4O3. The number of aromatic nitrogens is 1. The zero-order valence-electron chi connectivity index (χ0n) is 15.1. The van der Waals surface area contributed by atoms with Crippen LogP contribution >= 0.6 is 12.4 Å². The lowest BCUT2D eigenvalue weighted by molar-refractivity contribution is -0.154. The molecule has 2 saturated heterocycles. The molecule has 1 unspecified atom stereocenters. The van der Waals surface area contributed by atoms with Gasteiger partial charge in [-0.2, -0.15) is 13.2 Å². The van der Waals surface area contributed by atoms with Crippen molar-refractivity contribution < 1.29 is 27.5 Å². The van der Waals surface area contributed by atoms with Gasteiger partial charge in [-0.05, 0) is 18.9 Å². The summed E-state index contributed by atoms with van der Waals surface area (Å²) in [6.45, 7) is 1.25. The molecule has 0 aromatic carbocycles. The molecule has 0 spiro atoms. The summed E-state index contributed by atoms with van der Waals surface area (Å²) in [4.78, 5) is 32.0. The van der Waals surface area contributed by atoms with Crippen LogP contribution in [0.2, 0.25) is 0 Å². The van der Waals surface area contributed by atoms with E-state index < -0.39 is 12.8 Å². The van der Waals surface area contributed by atoms with E-state index in [-0.39, 0.29) is 41.7 Å². The van der Waals surface area contributed by atoms with Gasteiger partial charge >= 0.3 is 6.18 Å². The number of carbonyl (C=O) groups is 2. The van der Waals surface area contributed by atoms with E-state index in [1.54, 1.807) is 4.90 Å². The molecule has 28 heavy (non-hydrogen) atoms. The van der Waals surface area contributed by atoms with Crippen molar-refractivity contribution in [3.05, 3.63) is 23.9 Å². The molecule has 2 amide bonds. The molecule has 7 nitrogen and oxygen atoms in total. The first kappa shape index (κ1) is 22.2. The third kappa shape index (κ3) is 5.71. The van der Waals surface area contributed by atoms with E-state index in [0.717, 1.165) is 19.4 Å². The maximum absolute atomic E-state index is 12.7. The number of hydrogen-bond donors (Lipinski definition) is 1. The van der Waals surface area contributed by atoms with E-state index in [9.17, 15) is 22.8 Å². The summed E-state index contributed by atoms with van der Waals surface area (Å²) >= 11 is 0. The van der Waals surface area contributed by atoms with Gasteiger partial charge in [-0.25, -0.2) is 4.98 Å². The zero-order chi connectivity index (χ0) is 19.4. The van der Waals surface area contributed by atoms with Crippen LogP contribution in [0.3, 0.4) is 0 Å². The maximum atomic E-state index is 12.7. The van der Waals surface area contributed by atoms with Gasteiger partial charge in [0.15, 0.2) is 6.61 Å². The second-order valence-corrected chi connectivity index (χ2v) is 6.60. The Morgan fingerprint density at radius 1 is 1.32 bits per heavy atom. The van der Waals surface area contributed by atoms with Crippen LogP contribution in [0.5, 0.6) is 5.88 Å². The first-order chi connectivity index (χ1) is 12.8. The monoisotopic (exact) mass is 422 g/mol. The Morgan fingerprint density at radius 2 is 2.11 bits per heavy atom. The Morgan fingerprint density at radius 3 is 2.75 bits per heavy atom. The average Bonchev–Trinajstić information content (AvgIpc) is 2.66. The number of amides is 2. The van der Waals surface area contributed by atoms with Crippen LogP contribution < -0.4 is 10.1 Å². The fourth-order valence-electron chi connectivity index (χ4n) is 3.33. The number of ether oxygens (including phenoxy) is 1. The minimum atomic E-state index is -4.44. The summed E-state index contributed by atoms with van der Waals surface area (Å²) in [5.74, 6) is -0.405. The average molecular weight is 423 g/mol. The molecule has 3 heterocycles. The number of pyridine rings is 1. The normalized spacial score (nSPS) is 20.5. The molecule has 0 saturated carbocycles. The lowest BCUT2D eigenvalue weighted by atomic mass is 10.0. The molecule has 0 radical (unpaired) electrons. The van der Waals surface area contributed by atoms with E-state index in [0.29, 0.717) is 26.2 Å². The highest BCUT2D eigenvalue weighted by Crippen LogP contribution is 2.20. The Balaban J connectivity index is 0.00000280. The van der Waals surface area contributed by atoms with Gasteiger partial charge in [-0.3, -0.25) is 9.59 Å². The lowest BCUT2D eigenvalue weighted by Crippen LogP contribution is -2.57. The van der Waals surface area contributed by atoms with Crippen LogP contribution in [0.1, 0.15) is 23.2 Å². The van der Waals surface area contributed by atoms with Crippen molar-refractivity contribution in [2.24, 2.45) is 0 Å². The van der Waals surface area contributed by atoms with Crippen molar-refractivity contribution in [2.75, 3.05) is 39.3 Å². The molecule has 1 aromatic heterocycles. The van der Waals surface area contributed by atoms with Crippen LogP contribution in [0.25, 0.3) is 0 Å². The van der Waals surface area contributed by atoms with Crippen molar-refractivity contribution in [1.82, 2.24) is 20.1 Å². The standard InChI is InChI=1S/C17H21F3N4O3.ClH/c18-17(19,20)11-27-14-4-3-12(8-22-14)16(26)23-6-1-2-13(10-23)24-7-5-21-9-15(24)25;/h3-4,8,13,21H,1-2,5-7,9-11H2;1H. The van der Waals surface area contributed by atoms with E-state index in [4.69, 9.17) is 0 Å². The number of halogens is 4. The van der Waals surface area contributed by atoms with Crippen molar-refractivity contribution >= 4 is 24.2 Å². The molecule has 2 fully saturated rings. The zero-order valence-corrected chi connectivity index (χ0v) is 15.9. The number of carbonyl (C=O) groups excluding carboxylic acids is 2. The molecule has 2 aliphatic rings. The van der Waals surface area contributed by atoms with Crippen molar-refractivity contribution in [2.45, 2.75) is 25.1 Å². The predicted molar refractivity (Wildman–Crippen MR) is 96.5 cm³/mol. The largest absolute Gasteiger partial charge is 0.468 e. The Kier molecular flexibility index (Phi) is 7.48. The first-order valence-electron chi connectivity index (χ1n) is 8.78. The predicted octanol–water partition coefficient (Wildman–Crippen LogP) is 1.48. The number of likely N-dealkylation sites (tertiary alicyclic amines) is 1. The third-order valence-electron chi connectivity index (χ3n) is 4.62. The minimum absolute atomic E-state index is 0. The summed E-state index contributed by atoms with van der Waals surface area (Å²) in [6, 6.07) is 2.64. The minimum Gasteiger partial charge on any atom is -0.468 e. The Hall–Kier alpha value is -2.07. The number of hydrogen-bond acceptors (Lipinski definition) is 5. The molecule has 11 heteroatoms. The van der Waals surface area contributed by atoms with Gasteiger partial charge < -0.3 is 19.9 Å². The lowest BCUT2D eigenvalue weighted by Gasteiger charge is -2.41. The van der Waals surface area contributed by atoms with Crippen LogP contribution in [-0.2, 0) is 4.79 Å². The van der Waals surface area contributed by atoms with Gasteiger partial charge in [-0.1, -0.05) is 0 Å². The van der Waals surface area contributed by atoms with Gasteiger partial charge in [0.1, 0.15) is 0 Å². The molecule has 3 rings (SSSR count). The fraction of sp³-hybridized carbons (Fsp3) is 0.588. The highest BCUT2D eigenvalue weighted by Gasteiger charge is 2.32. The van der Waals surface area contributed by atoms with Crippen molar-refractivity contribution in [3.8, 4) is 5.88 Å². The number of rotatable bonds is 4. The van der Waals surface area contributed by atoms with Gasteiger partial charge in [0.25, 0.3) is 5.91 Å². The van der Waals surface area contributed by atoms with Gasteiger partial charge in [0, 0.05) is 44.5 Å². The van der Waals surface area contributed by atoms with Crippen molar-refractivity contribution in [3.63, 3.8) is 0 Å². The number of alkyl halides is 3. The number of piperazine rings is 1. The Labute approximate surface area is 166 Å². The second-order valence-electron chi connectivity index (χ2n) is 6.60. The summed E-state index contributed by atoms with van der Waals surface area (Å²) in [5, 5.41) is 3.03. The molecule has 0 bridgehead atoms. The summed E-state index contributed by atoms with van der Waals surface area (Å²) in [7, 11) is 0. The summed E-state index contributed by atoms with van der Waals surface area (Å²) in [5.41, 5.74) is 0.279. The molecule has 1 N–H and O–H groups in total. The molecule has 1 aromatic rings. The molecule has 2 aliphatic heterocycles. The summed E-state index contributed by atoms with van der Waals surface area (Å²) in [6.07, 6.45) is -1.60. The van der Waals surface area contributed by atoms with Crippen molar-refractivity contribution in [1.29, 1.82) is 0 Å². The summed E-state index contributed by atoms with van der Waals surface area (Å²) < 4.78 is 41.0. The number of nitrogens with zero attached hydrogens (tertiary/aromatic N) is 3. The fourth-order valence-corrected chi connectivity index (χ4v) is 3.33. The number of nitrogens with one attached hydrogen (secondary N) is 1. The van der Waals surface area contributed by atoms with Gasteiger partial charge in [0.05, 0.1) is 12.1 Å². The molecule has 0 aliphatic carbocycles.